The highest BCUT2D eigenvalue weighted by Gasteiger charge is 2.53. The van der Waals surface area contributed by atoms with E-state index in [9.17, 15) is 5.11 Å². The predicted octanol–water partition coefficient (Wildman–Crippen LogP) is 1.37. The summed E-state index contributed by atoms with van der Waals surface area (Å²) in [5.74, 6) is 0. The van der Waals surface area contributed by atoms with Crippen LogP contribution >= 0.6 is 0 Å². The van der Waals surface area contributed by atoms with Crippen LogP contribution in [0, 0.1) is 0 Å². The van der Waals surface area contributed by atoms with E-state index in [1.54, 1.807) is 0 Å². The van der Waals surface area contributed by atoms with E-state index < -0.39 is 5.60 Å². The highest BCUT2D eigenvalue weighted by molar-refractivity contribution is 5.43. The van der Waals surface area contributed by atoms with E-state index in [-0.39, 0.29) is 5.41 Å². The zero-order valence-corrected chi connectivity index (χ0v) is 10.7. The van der Waals surface area contributed by atoms with Crippen molar-refractivity contribution in [1.82, 2.24) is 0 Å². The highest BCUT2D eigenvalue weighted by atomic mass is 16.5. The Balaban J connectivity index is 2.06. The van der Waals surface area contributed by atoms with Crippen molar-refractivity contribution >= 4 is 0 Å². The Hall–Kier alpha value is -0.900. The molecule has 1 fully saturated rings. The Morgan fingerprint density at radius 3 is 2.61 bits per heavy atom. The van der Waals surface area contributed by atoms with Gasteiger partial charge in [-0.1, -0.05) is 24.3 Å². The second-order valence-electron chi connectivity index (χ2n) is 5.59. The molecular weight excluding hydrogens is 226 g/mol. The molecule has 1 heterocycles. The SMILES string of the molecule is NCC1(C2(O)CCOCC2)CCc2ccccc21. The summed E-state index contributed by atoms with van der Waals surface area (Å²) in [7, 11) is 0. The lowest BCUT2D eigenvalue weighted by Crippen LogP contribution is -2.57. The number of aryl methyl sites for hydroxylation is 1. The number of fused-ring (bicyclic) bond motifs is 1. The van der Waals surface area contributed by atoms with Crippen molar-refractivity contribution in [3.8, 4) is 0 Å². The van der Waals surface area contributed by atoms with Gasteiger partial charge < -0.3 is 15.6 Å². The Morgan fingerprint density at radius 2 is 1.89 bits per heavy atom. The maximum atomic E-state index is 11.1. The minimum Gasteiger partial charge on any atom is -0.389 e. The Bertz CT molecular complexity index is 440. The van der Waals surface area contributed by atoms with Crippen LogP contribution in [0.2, 0.25) is 0 Å². The average molecular weight is 247 g/mol. The zero-order valence-electron chi connectivity index (χ0n) is 10.7. The summed E-state index contributed by atoms with van der Waals surface area (Å²) in [6.07, 6.45) is 3.37. The molecular formula is C15H21NO2. The molecule has 0 amide bonds. The van der Waals surface area contributed by atoms with Crippen LogP contribution in [0.25, 0.3) is 0 Å². The summed E-state index contributed by atoms with van der Waals surface area (Å²) in [4.78, 5) is 0. The molecule has 1 aromatic carbocycles. The lowest BCUT2D eigenvalue weighted by Gasteiger charge is -2.47. The summed E-state index contributed by atoms with van der Waals surface area (Å²) < 4.78 is 5.40. The third-order valence-corrected chi connectivity index (χ3v) is 4.91. The first-order valence-corrected chi connectivity index (χ1v) is 6.80. The second-order valence-corrected chi connectivity index (χ2v) is 5.59. The molecule has 0 saturated carbocycles. The summed E-state index contributed by atoms with van der Waals surface area (Å²) in [6.45, 7) is 1.79. The molecule has 18 heavy (non-hydrogen) atoms. The number of rotatable bonds is 2. The fraction of sp³-hybridized carbons (Fsp3) is 0.600. The molecule has 0 bridgehead atoms. The van der Waals surface area contributed by atoms with Crippen LogP contribution in [0.3, 0.4) is 0 Å². The largest absolute Gasteiger partial charge is 0.389 e. The molecule has 1 atom stereocenters. The predicted molar refractivity (Wildman–Crippen MR) is 70.5 cm³/mol. The first-order chi connectivity index (χ1) is 8.72. The van der Waals surface area contributed by atoms with E-state index in [2.05, 4.69) is 24.3 Å². The Labute approximate surface area is 108 Å². The van der Waals surface area contributed by atoms with Gasteiger partial charge in [0.25, 0.3) is 0 Å². The molecule has 98 valence electrons. The fourth-order valence-corrected chi connectivity index (χ4v) is 3.76. The van der Waals surface area contributed by atoms with Crippen LogP contribution in [0.4, 0.5) is 0 Å². The van der Waals surface area contributed by atoms with Gasteiger partial charge in [-0.3, -0.25) is 0 Å². The van der Waals surface area contributed by atoms with Crippen LogP contribution < -0.4 is 5.73 Å². The monoisotopic (exact) mass is 247 g/mol. The van der Waals surface area contributed by atoms with Crippen LogP contribution in [-0.4, -0.2) is 30.5 Å². The lowest BCUT2D eigenvalue weighted by molar-refractivity contribution is -0.111. The van der Waals surface area contributed by atoms with E-state index in [0.717, 1.165) is 12.8 Å². The third-order valence-electron chi connectivity index (χ3n) is 4.91. The molecule has 1 aliphatic heterocycles. The molecule has 1 aliphatic carbocycles. The van der Waals surface area contributed by atoms with E-state index in [1.807, 2.05) is 0 Å². The highest BCUT2D eigenvalue weighted by Crippen LogP contribution is 2.49. The van der Waals surface area contributed by atoms with Gasteiger partial charge in [0.2, 0.25) is 0 Å². The Kier molecular flexibility index (Phi) is 2.93. The summed E-state index contributed by atoms with van der Waals surface area (Å²) in [6, 6.07) is 8.43. The summed E-state index contributed by atoms with van der Waals surface area (Å²) in [5.41, 5.74) is 7.74. The number of aliphatic hydroxyl groups is 1. The van der Waals surface area contributed by atoms with Gasteiger partial charge in [0.05, 0.1) is 5.60 Å². The molecule has 1 unspecified atom stereocenters. The van der Waals surface area contributed by atoms with Crippen LogP contribution in [0.15, 0.2) is 24.3 Å². The molecule has 1 saturated heterocycles. The molecule has 3 heteroatoms. The van der Waals surface area contributed by atoms with E-state index in [0.29, 0.717) is 32.6 Å². The molecule has 0 radical (unpaired) electrons. The van der Waals surface area contributed by atoms with Gasteiger partial charge in [-0.15, -0.1) is 0 Å². The Morgan fingerprint density at radius 1 is 1.17 bits per heavy atom. The van der Waals surface area contributed by atoms with Crippen molar-refractivity contribution in [3.05, 3.63) is 35.4 Å². The maximum absolute atomic E-state index is 11.1. The van der Waals surface area contributed by atoms with Crippen molar-refractivity contribution in [3.63, 3.8) is 0 Å². The fourth-order valence-electron chi connectivity index (χ4n) is 3.76. The first kappa shape index (κ1) is 12.2. The smallest absolute Gasteiger partial charge is 0.0800 e. The third kappa shape index (κ3) is 1.54. The second kappa shape index (κ2) is 4.34. The summed E-state index contributed by atoms with van der Waals surface area (Å²) in [5, 5.41) is 11.1. The van der Waals surface area contributed by atoms with Gasteiger partial charge in [-0.2, -0.15) is 0 Å². The normalized spacial score (nSPS) is 30.1. The number of nitrogens with two attached hydrogens (primary N) is 1. The van der Waals surface area contributed by atoms with Crippen LogP contribution in [0.5, 0.6) is 0 Å². The van der Waals surface area contributed by atoms with Crippen LogP contribution in [0.1, 0.15) is 30.4 Å². The molecule has 3 nitrogen and oxygen atoms in total. The van der Waals surface area contributed by atoms with Gasteiger partial charge >= 0.3 is 0 Å². The quantitative estimate of drug-likeness (QED) is 0.830. The van der Waals surface area contributed by atoms with Gasteiger partial charge in [-0.25, -0.2) is 0 Å². The molecule has 3 N–H and O–H groups in total. The first-order valence-electron chi connectivity index (χ1n) is 6.80. The van der Waals surface area contributed by atoms with Gasteiger partial charge in [0.1, 0.15) is 0 Å². The maximum Gasteiger partial charge on any atom is 0.0800 e. The van der Waals surface area contributed by atoms with Crippen molar-refractivity contribution in [1.29, 1.82) is 0 Å². The minimum atomic E-state index is -0.702. The minimum absolute atomic E-state index is 0.270. The number of ether oxygens (including phenoxy) is 1. The molecule has 0 aromatic heterocycles. The van der Waals surface area contributed by atoms with Crippen LogP contribution in [-0.2, 0) is 16.6 Å². The average Bonchev–Trinajstić information content (AvgIpc) is 2.80. The van der Waals surface area contributed by atoms with Crippen molar-refractivity contribution in [2.75, 3.05) is 19.8 Å². The standard InChI is InChI=1S/C15H21NO2/c16-11-14(15(17)7-9-18-10-8-15)6-5-12-3-1-2-4-13(12)14/h1-4,17H,5-11,16H2. The van der Waals surface area contributed by atoms with E-state index >= 15 is 0 Å². The number of hydrogen-bond donors (Lipinski definition) is 2. The van der Waals surface area contributed by atoms with Gasteiger partial charge in [0, 0.05) is 38.0 Å². The zero-order chi connectivity index (χ0) is 12.6. The summed E-state index contributed by atoms with van der Waals surface area (Å²) >= 11 is 0. The molecule has 0 spiro atoms. The molecule has 2 aliphatic rings. The topological polar surface area (TPSA) is 55.5 Å². The lowest BCUT2D eigenvalue weighted by atomic mass is 9.64. The van der Waals surface area contributed by atoms with Crippen molar-refractivity contribution in [2.24, 2.45) is 5.73 Å². The van der Waals surface area contributed by atoms with Crippen molar-refractivity contribution < 1.29 is 9.84 Å². The number of hydrogen-bond acceptors (Lipinski definition) is 3. The molecule has 3 rings (SSSR count). The van der Waals surface area contributed by atoms with Gasteiger partial charge in [0.15, 0.2) is 0 Å². The van der Waals surface area contributed by atoms with Gasteiger partial charge in [-0.05, 0) is 24.0 Å². The van der Waals surface area contributed by atoms with E-state index in [4.69, 9.17) is 10.5 Å². The van der Waals surface area contributed by atoms with Crippen molar-refractivity contribution in [2.45, 2.75) is 36.7 Å². The van der Waals surface area contributed by atoms with E-state index in [1.165, 1.54) is 11.1 Å². The molecule has 1 aromatic rings. The number of benzene rings is 1.